The fourth-order valence-corrected chi connectivity index (χ4v) is 4.89. The van der Waals surface area contributed by atoms with Crippen LogP contribution in [0.4, 0.5) is 21.7 Å². The maximum Gasteiger partial charge on any atom is 0.340 e. The van der Waals surface area contributed by atoms with E-state index in [0.29, 0.717) is 54.7 Å². The third-order valence-corrected chi connectivity index (χ3v) is 6.99. The summed E-state index contributed by atoms with van der Waals surface area (Å²) in [5, 5.41) is 3.04. The van der Waals surface area contributed by atoms with E-state index in [-0.39, 0.29) is 22.6 Å². The molecular weight excluding hydrogens is 523 g/mol. The van der Waals surface area contributed by atoms with Crippen LogP contribution in [0.3, 0.4) is 0 Å². The summed E-state index contributed by atoms with van der Waals surface area (Å²) in [4.78, 5) is 43.3. The van der Waals surface area contributed by atoms with Gasteiger partial charge >= 0.3 is 5.97 Å². The third-order valence-electron chi connectivity index (χ3n) is 6.68. The van der Waals surface area contributed by atoms with Gasteiger partial charge in [0.2, 0.25) is 0 Å². The van der Waals surface area contributed by atoms with Crippen molar-refractivity contribution in [1.29, 1.82) is 0 Å². The Labute approximate surface area is 232 Å². The van der Waals surface area contributed by atoms with Gasteiger partial charge in [0.15, 0.2) is 5.82 Å². The summed E-state index contributed by atoms with van der Waals surface area (Å²) >= 11 is 5.76. The number of halogens is 2. The Morgan fingerprint density at radius 2 is 1.87 bits per heavy atom. The number of carbonyl (C=O) groups excluding carboxylic acids is 2. The van der Waals surface area contributed by atoms with Crippen molar-refractivity contribution < 1.29 is 18.7 Å². The second-order valence-corrected chi connectivity index (χ2v) is 10.5. The number of carbonyl (C=O) groups is 2. The first kappa shape index (κ1) is 28.2. The van der Waals surface area contributed by atoms with Crippen molar-refractivity contribution in [1.82, 2.24) is 19.9 Å². The molecule has 0 atom stereocenters. The molecule has 206 valence electrons. The van der Waals surface area contributed by atoms with Crippen LogP contribution in [-0.4, -0.2) is 63.5 Å². The first-order valence-electron chi connectivity index (χ1n) is 12.7. The molecule has 1 aliphatic rings. The normalized spacial score (nSPS) is 14.8. The van der Waals surface area contributed by atoms with Gasteiger partial charge in [-0.05, 0) is 71.4 Å². The molecule has 0 aliphatic carbocycles. The number of nitrogens with one attached hydrogen (secondary N) is 1. The smallest absolute Gasteiger partial charge is 0.340 e. The molecule has 1 aromatic carbocycles. The van der Waals surface area contributed by atoms with Crippen molar-refractivity contribution in [2.45, 2.75) is 47.1 Å². The number of nitrogens with zero attached hydrogens (tertiary/aromatic N) is 5. The lowest BCUT2D eigenvalue weighted by molar-refractivity contribution is 0.0500. The number of hydrogen-bond donors (Lipinski definition) is 1. The Morgan fingerprint density at radius 3 is 2.49 bits per heavy atom. The molecule has 39 heavy (non-hydrogen) atoms. The molecule has 11 heteroatoms. The lowest BCUT2D eigenvalue weighted by Gasteiger charge is -2.47. The first-order valence-corrected chi connectivity index (χ1v) is 13.1. The molecule has 0 bridgehead atoms. The maximum atomic E-state index is 13.8. The van der Waals surface area contributed by atoms with Crippen LogP contribution >= 0.6 is 11.6 Å². The molecule has 0 saturated carbocycles. The molecule has 1 saturated heterocycles. The van der Waals surface area contributed by atoms with E-state index in [4.69, 9.17) is 16.3 Å². The minimum atomic E-state index is -0.545. The number of anilines is 3. The van der Waals surface area contributed by atoms with E-state index < -0.39 is 11.4 Å². The Bertz CT molecular complexity index is 1410. The molecule has 3 aromatic rings. The minimum Gasteiger partial charge on any atom is -0.462 e. The standard InChI is InChI=1S/C28H32ClFN6O3/c1-7-39-27(38)24-16(2)12-23(33-17(24)3)35-10-11-36(28(5,6)15-35)26(37)22-14-31-25(18(4)32-22)34-19-8-9-20(29)21(30)13-19/h8-9,12-14H,7,10-11,15H2,1-6H3,(H,31,34). The maximum absolute atomic E-state index is 13.8. The molecule has 9 nitrogen and oxygen atoms in total. The van der Waals surface area contributed by atoms with Crippen molar-refractivity contribution >= 4 is 40.8 Å². The van der Waals surface area contributed by atoms with Gasteiger partial charge in [0.05, 0.1) is 40.3 Å². The van der Waals surface area contributed by atoms with Crippen molar-refractivity contribution in [3.63, 3.8) is 0 Å². The van der Waals surface area contributed by atoms with E-state index in [1.165, 1.54) is 18.3 Å². The molecule has 1 fully saturated rings. The zero-order chi connectivity index (χ0) is 28.5. The van der Waals surface area contributed by atoms with Crippen LogP contribution in [0.5, 0.6) is 0 Å². The SMILES string of the molecule is CCOC(=O)c1c(C)cc(N2CCN(C(=O)c3cnc(Nc4ccc(Cl)c(F)c4)c(C)n3)C(C)(C)C2)nc1C. The van der Waals surface area contributed by atoms with E-state index in [1.807, 2.05) is 26.8 Å². The van der Waals surface area contributed by atoms with Crippen LogP contribution in [0.15, 0.2) is 30.5 Å². The second-order valence-electron chi connectivity index (χ2n) is 10.1. The van der Waals surface area contributed by atoms with E-state index in [2.05, 4.69) is 25.2 Å². The molecule has 0 unspecified atom stereocenters. The molecule has 4 rings (SSSR count). The van der Waals surface area contributed by atoms with Crippen LogP contribution in [0.25, 0.3) is 0 Å². The number of hydrogen-bond acceptors (Lipinski definition) is 8. The Balaban J connectivity index is 1.49. The van der Waals surface area contributed by atoms with Crippen molar-refractivity contribution in [2.24, 2.45) is 0 Å². The summed E-state index contributed by atoms with van der Waals surface area (Å²) < 4.78 is 19.0. The summed E-state index contributed by atoms with van der Waals surface area (Å²) in [6, 6.07) is 6.25. The van der Waals surface area contributed by atoms with Crippen LogP contribution in [0, 0.1) is 26.6 Å². The highest BCUT2D eigenvalue weighted by Crippen LogP contribution is 2.29. The molecule has 1 N–H and O–H groups in total. The van der Waals surface area contributed by atoms with Gasteiger partial charge in [-0.2, -0.15) is 0 Å². The average Bonchev–Trinajstić information content (AvgIpc) is 2.86. The van der Waals surface area contributed by atoms with Crippen LogP contribution < -0.4 is 10.2 Å². The fourth-order valence-electron chi connectivity index (χ4n) is 4.77. The van der Waals surface area contributed by atoms with Crippen LogP contribution in [0.1, 0.15) is 58.6 Å². The number of amides is 1. The van der Waals surface area contributed by atoms with Crippen LogP contribution in [0.2, 0.25) is 5.02 Å². The lowest BCUT2D eigenvalue weighted by Crippen LogP contribution is -2.61. The van der Waals surface area contributed by atoms with Gasteiger partial charge in [-0.3, -0.25) is 4.79 Å². The highest BCUT2D eigenvalue weighted by molar-refractivity contribution is 6.30. The minimum absolute atomic E-state index is 0.0294. The number of benzene rings is 1. The highest BCUT2D eigenvalue weighted by atomic mass is 35.5. The highest BCUT2D eigenvalue weighted by Gasteiger charge is 2.38. The van der Waals surface area contributed by atoms with Gasteiger partial charge in [0.1, 0.15) is 17.3 Å². The molecule has 0 spiro atoms. The zero-order valence-corrected chi connectivity index (χ0v) is 23.7. The summed E-state index contributed by atoms with van der Waals surface area (Å²) in [6.45, 7) is 13.0. The molecule has 2 aromatic heterocycles. The van der Waals surface area contributed by atoms with Gasteiger partial charge in [0.25, 0.3) is 5.91 Å². The van der Waals surface area contributed by atoms with E-state index in [0.717, 1.165) is 11.4 Å². The molecular formula is C28H32ClFN6O3. The largest absolute Gasteiger partial charge is 0.462 e. The fraction of sp³-hybridized carbons (Fsp3) is 0.393. The second kappa shape index (κ2) is 11.1. The van der Waals surface area contributed by atoms with Crippen molar-refractivity contribution in [2.75, 3.05) is 36.5 Å². The number of pyridine rings is 1. The third kappa shape index (κ3) is 5.95. The number of piperazine rings is 1. The van der Waals surface area contributed by atoms with Gasteiger partial charge < -0.3 is 19.9 Å². The molecule has 0 radical (unpaired) electrons. The van der Waals surface area contributed by atoms with E-state index >= 15 is 0 Å². The van der Waals surface area contributed by atoms with Gasteiger partial charge in [0, 0.05) is 25.3 Å². The van der Waals surface area contributed by atoms with Gasteiger partial charge in [-0.25, -0.2) is 24.1 Å². The molecule has 1 aliphatic heterocycles. The monoisotopic (exact) mass is 554 g/mol. The summed E-state index contributed by atoms with van der Waals surface area (Å²) in [5.74, 6) is 0.0248. The predicted molar refractivity (Wildman–Crippen MR) is 148 cm³/mol. The van der Waals surface area contributed by atoms with Crippen LogP contribution in [-0.2, 0) is 4.74 Å². The Kier molecular flexibility index (Phi) is 8.06. The number of rotatable bonds is 6. The molecule has 1 amide bonds. The summed E-state index contributed by atoms with van der Waals surface area (Å²) in [5.41, 5.74) is 2.57. The zero-order valence-electron chi connectivity index (χ0n) is 22.9. The number of aryl methyl sites for hydroxylation is 3. The first-order chi connectivity index (χ1) is 18.4. The Hall–Kier alpha value is -3.79. The van der Waals surface area contributed by atoms with Gasteiger partial charge in [-0.15, -0.1) is 0 Å². The van der Waals surface area contributed by atoms with Gasteiger partial charge in [-0.1, -0.05) is 11.6 Å². The van der Waals surface area contributed by atoms with Crippen molar-refractivity contribution in [3.8, 4) is 0 Å². The quantitative estimate of drug-likeness (QED) is 0.412. The average molecular weight is 555 g/mol. The van der Waals surface area contributed by atoms with E-state index in [1.54, 1.807) is 31.7 Å². The number of aromatic nitrogens is 3. The topological polar surface area (TPSA) is 101 Å². The van der Waals surface area contributed by atoms with E-state index in [9.17, 15) is 14.0 Å². The lowest BCUT2D eigenvalue weighted by atomic mass is 9.97. The summed E-state index contributed by atoms with van der Waals surface area (Å²) in [7, 11) is 0. The molecule has 3 heterocycles. The summed E-state index contributed by atoms with van der Waals surface area (Å²) in [6.07, 6.45) is 1.43. The number of ether oxygens (including phenoxy) is 1. The Morgan fingerprint density at radius 1 is 1.13 bits per heavy atom. The predicted octanol–water partition coefficient (Wildman–Crippen LogP) is 5.25. The number of esters is 1. The van der Waals surface area contributed by atoms with Crippen molar-refractivity contribution in [3.05, 3.63) is 69.5 Å².